The number of carbonyl (C=O) groups is 2. The van der Waals surface area contributed by atoms with Gasteiger partial charge in [-0.05, 0) is 36.6 Å². The van der Waals surface area contributed by atoms with Crippen molar-refractivity contribution >= 4 is 32.8 Å². The van der Waals surface area contributed by atoms with E-state index in [1.165, 1.54) is 11.4 Å². The Hall–Kier alpha value is -3.17. The number of ether oxygens (including phenoxy) is 1. The van der Waals surface area contributed by atoms with Crippen LogP contribution in [0.2, 0.25) is 0 Å². The molecule has 1 aromatic heterocycles. The zero-order chi connectivity index (χ0) is 23.4. The van der Waals surface area contributed by atoms with E-state index in [0.717, 1.165) is 35.7 Å². The molecule has 1 aliphatic heterocycles. The van der Waals surface area contributed by atoms with Crippen molar-refractivity contribution in [2.24, 2.45) is 0 Å². The fraction of sp³-hybridized carbons (Fsp3) is 0.333. The Morgan fingerprint density at radius 3 is 2.39 bits per heavy atom. The van der Waals surface area contributed by atoms with Crippen LogP contribution < -0.4 is 5.32 Å². The van der Waals surface area contributed by atoms with E-state index < -0.39 is 16.0 Å². The first-order chi connectivity index (χ1) is 15.9. The third-order valence-corrected chi connectivity index (χ3v) is 7.79. The first-order valence-corrected chi connectivity index (χ1v) is 12.4. The normalized spacial score (nSPS) is 14.8. The summed E-state index contributed by atoms with van der Waals surface area (Å²) in [7, 11) is -2.15. The average Bonchev–Trinajstić information content (AvgIpc) is 3.21. The number of fused-ring (bicyclic) bond motifs is 1. The molecule has 2 aromatic carbocycles. The molecule has 0 aliphatic carbocycles. The fourth-order valence-corrected chi connectivity index (χ4v) is 5.61. The van der Waals surface area contributed by atoms with Crippen molar-refractivity contribution in [2.45, 2.75) is 37.2 Å². The molecule has 9 heteroatoms. The van der Waals surface area contributed by atoms with Gasteiger partial charge in [0.25, 0.3) is 0 Å². The first kappa shape index (κ1) is 23.0. The molecule has 2 heterocycles. The highest BCUT2D eigenvalue weighted by molar-refractivity contribution is 7.89. The Labute approximate surface area is 193 Å². The molecular weight excluding hydrogens is 442 g/mol. The molecule has 0 unspecified atom stereocenters. The topological polar surface area (TPSA) is 97.7 Å². The van der Waals surface area contributed by atoms with Gasteiger partial charge in [-0.3, -0.25) is 4.79 Å². The van der Waals surface area contributed by atoms with E-state index in [-0.39, 0.29) is 23.9 Å². The monoisotopic (exact) mass is 469 g/mol. The number of piperidine rings is 1. The van der Waals surface area contributed by atoms with Gasteiger partial charge in [-0.2, -0.15) is 4.31 Å². The minimum atomic E-state index is -3.47. The number of para-hydroxylation sites is 1. The number of nitrogens with zero attached hydrogens (tertiary/aromatic N) is 2. The maximum Gasteiger partial charge on any atom is 0.340 e. The van der Waals surface area contributed by atoms with Crippen LogP contribution in [0.4, 0.5) is 0 Å². The molecule has 0 radical (unpaired) electrons. The van der Waals surface area contributed by atoms with Gasteiger partial charge in [0.05, 0.1) is 17.6 Å². The summed E-state index contributed by atoms with van der Waals surface area (Å²) in [6.07, 6.45) is 4.46. The van der Waals surface area contributed by atoms with Gasteiger partial charge < -0.3 is 14.6 Å². The molecule has 1 aliphatic rings. The van der Waals surface area contributed by atoms with Gasteiger partial charge in [0.1, 0.15) is 6.54 Å². The highest BCUT2D eigenvalue weighted by atomic mass is 32.2. The average molecular weight is 470 g/mol. The second-order valence-corrected chi connectivity index (χ2v) is 10.0. The molecule has 8 nitrogen and oxygen atoms in total. The summed E-state index contributed by atoms with van der Waals surface area (Å²) < 4.78 is 33.6. The molecule has 3 aromatic rings. The quantitative estimate of drug-likeness (QED) is 0.537. The molecule has 1 saturated heterocycles. The van der Waals surface area contributed by atoms with E-state index in [9.17, 15) is 18.0 Å². The Kier molecular flexibility index (Phi) is 6.80. The number of nitrogens with one attached hydrogen (secondary N) is 1. The smallest absolute Gasteiger partial charge is 0.340 e. The van der Waals surface area contributed by atoms with Crippen LogP contribution in [0.5, 0.6) is 0 Å². The van der Waals surface area contributed by atoms with Crippen molar-refractivity contribution in [3.63, 3.8) is 0 Å². The number of hydrogen-bond donors (Lipinski definition) is 1. The maximum atomic E-state index is 12.8. The summed E-state index contributed by atoms with van der Waals surface area (Å²) in [4.78, 5) is 24.9. The van der Waals surface area contributed by atoms with E-state index >= 15 is 0 Å². The lowest BCUT2D eigenvalue weighted by atomic mass is 10.2. The molecule has 174 valence electrons. The number of rotatable bonds is 7. The van der Waals surface area contributed by atoms with Gasteiger partial charge in [0.15, 0.2) is 0 Å². The molecule has 0 spiro atoms. The summed E-state index contributed by atoms with van der Waals surface area (Å²) in [6.45, 7) is 1.43. The van der Waals surface area contributed by atoms with E-state index in [0.29, 0.717) is 18.7 Å². The number of aromatic nitrogens is 1. The zero-order valence-corrected chi connectivity index (χ0v) is 19.3. The number of methoxy groups -OCH3 is 1. The minimum absolute atomic E-state index is 0.0406. The van der Waals surface area contributed by atoms with Gasteiger partial charge in [-0.15, -0.1) is 0 Å². The molecule has 0 saturated carbocycles. The van der Waals surface area contributed by atoms with E-state index in [1.54, 1.807) is 35.0 Å². The van der Waals surface area contributed by atoms with Crippen LogP contribution in [-0.4, -0.2) is 49.4 Å². The third-order valence-electron chi connectivity index (χ3n) is 5.87. The molecule has 33 heavy (non-hydrogen) atoms. The van der Waals surface area contributed by atoms with Crippen LogP contribution in [-0.2, 0) is 32.6 Å². The number of hydrogen-bond acceptors (Lipinski definition) is 5. The van der Waals surface area contributed by atoms with Gasteiger partial charge >= 0.3 is 5.97 Å². The largest absolute Gasteiger partial charge is 0.465 e. The van der Waals surface area contributed by atoms with Crippen molar-refractivity contribution in [3.8, 4) is 0 Å². The first-order valence-electron chi connectivity index (χ1n) is 10.9. The number of sulfonamides is 1. The number of amides is 1. The van der Waals surface area contributed by atoms with Gasteiger partial charge in [0, 0.05) is 36.7 Å². The Bertz CT molecular complexity index is 1260. The highest BCUT2D eigenvalue weighted by Gasteiger charge is 2.25. The van der Waals surface area contributed by atoms with Gasteiger partial charge in [-0.25, -0.2) is 13.2 Å². The van der Waals surface area contributed by atoms with Crippen molar-refractivity contribution in [2.75, 3.05) is 20.2 Å². The SMILES string of the molecule is COC(=O)c1cn(CC(=O)NCc2ccc(S(=O)(=O)N3CCCCC3)cc2)c2ccccc12. The second kappa shape index (κ2) is 9.76. The van der Waals surface area contributed by atoms with Crippen LogP contribution in [0.1, 0.15) is 35.2 Å². The highest BCUT2D eigenvalue weighted by Crippen LogP contribution is 2.23. The van der Waals surface area contributed by atoms with Crippen LogP contribution in [0.15, 0.2) is 59.6 Å². The Balaban J connectivity index is 1.40. The summed E-state index contributed by atoms with van der Waals surface area (Å²) >= 11 is 0. The van der Waals surface area contributed by atoms with Crippen LogP contribution in [0.25, 0.3) is 10.9 Å². The van der Waals surface area contributed by atoms with Gasteiger partial charge in [0.2, 0.25) is 15.9 Å². The van der Waals surface area contributed by atoms with Crippen molar-refractivity contribution in [1.82, 2.24) is 14.2 Å². The summed E-state index contributed by atoms with van der Waals surface area (Å²) in [5, 5.41) is 3.58. The third kappa shape index (κ3) is 4.94. The van der Waals surface area contributed by atoms with E-state index in [2.05, 4.69) is 5.32 Å². The number of benzene rings is 2. The molecule has 4 rings (SSSR count). The molecule has 1 N–H and O–H groups in total. The van der Waals surface area contributed by atoms with Crippen molar-refractivity contribution in [1.29, 1.82) is 0 Å². The van der Waals surface area contributed by atoms with E-state index in [1.807, 2.05) is 24.3 Å². The molecular formula is C24H27N3O5S. The Morgan fingerprint density at radius 1 is 1.00 bits per heavy atom. The van der Waals surface area contributed by atoms with Crippen LogP contribution >= 0.6 is 0 Å². The molecule has 0 bridgehead atoms. The minimum Gasteiger partial charge on any atom is -0.465 e. The van der Waals surface area contributed by atoms with E-state index in [4.69, 9.17) is 4.74 Å². The lowest BCUT2D eigenvalue weighted by Gasteiger charge is -2.25. The Morgan fingerprint density at radius 2 is 1.70 bits per heavy atom. The van der Waals surface area contributed by atoms with Crippen molar-refractivity contribution < 1.29 is 22.7 Å². The van der Waals surface area contributed by atoms with Crippen LogP contribution in [0, 0.1) is 0 Å². The standard InChI is InChI=1S/C24H27N3O5S/c1-32-24(29)21-16-26(22-8-4-3-7-20(21)22)17-23(28)25-15-18-9-11-19(12-10-18)33(30,31)27-13-5-2-6-14-27/h3-4,7-12,16H,2,5-6,13-15,17H2,1H3,(H,25,28). The predicted molar refractivity (Wildman–Crippen MR) is 124 cm³/mol. The maximum absolute atomic E-state index is 12.8. The fourth-order valence-electron chi connectivity index (χ4n) is 4.10. The predicted octanol–water partition coefficient (Wildman–Crippen LogP) is 2.92. The summed E-state index contributed by atoms with van der Waals surface area (Å²) in [5.74, 6) is -0.679. The van der Waals surface area contributed by atoms with Gasteiger partial charge in [-0.1, -0.05) is 36.8 Å². The lowest BCUT2D eigenvalue weighted by Crippen LogP contribution is -2.35. The second-order valence-electron chi connectivity index (χ2n) is 8.06. The number of carbonyl (C=O) groups excluding carboxylic acids is 2. The zero-order valence-electron chi connectivity index (χ0n) is 18.5. The molecule has 1 amide bonds. The molecule has 0 atom stereocenters. The number of esters is 1. The summed E-state index contributed by atoms with van der Waals surface area (Å²) in [5.41, 5.74) is 1.97. The summed E-state index contributed by atoms with van der Waals surface area (Å²) in [6, 6.07) is 14.0. The lowest BCUT2D eigenvalue weighted by molar-refractivity contribution is -0.121. The molecule has 1 fully saturated rings. The van der Waals surface area contributed by atoms with Crippen LogP contribution in [0.3, 0.4) is 0 Å². The van der Waals surface area contributed by atoms with Crippen molar-refractivity contribution in [3.05, 3.63) is 65.9 Å².